The summed E-state index contributed by atoms with van der Waals surface area (Å²) in [5, 5.41) is 17.1. The minimum Gasteiger partial charge on any atom is -0.463 e. The van der Waals surface area contributed by atoms with E-state index in [1.165, 1.54) is 0 Å². The van der Waals surface area contributed by atoms with E-state index in [-0.39, 0.29) is 32.3 Å². The molecule has 1 aliphatic rings. The first-order valence-corrected chi connectivity index (χ1v) is 8.31. The molecule has 0 aliphatic heterocycles. The van der Waals surface area contributed by atoms with Gasteiger partial charge in [0.05, 0.1) is 32.5 Å². The van der Waals surface area contributed by atoms with Crippen molar-refractivity contribution in [3.63, 3.8) is 0 Å². The number of hydrogen-bond acceptors (Lipinski definition) is 8. The Kier molecular flexibility index (Phi) is 8.93. The van der Waals surface area contributed by atoms with Crippen LogP contribution in [0.3, 0.4) is 0 Å². The molecule has 9 heteroatoms. The van der Waals surface area contributed by atoms with E-state index in [1.807, 2.05) is 0 Å². The fraction of sp³-hybridized carbons (Fsp3) is 0.688. The molecule has 142 valence electrons. The molecule has 0 saturated heterocycles. The predicted octanol–water partition coefficient (Wildman–Crippen LogP) is 0.817. The molecule has 0 aromatic carbocycles. The number of carbonyl (C=O) groups is 2. The first kappa shape index (κ1) is 20.9. The topological polar surface area (TPSA) is 127 Å². The van der Waals surface area contributed by atoms with Crippen LogP contribution in [0.25, 0.3) is 0 Å². The van der Waals surface area contributed by atoms with Gasteiger partial charge in [0, 0.05) is 0 Å². The second-order valence-electron chi connectivity index (χ2n) is 5.33. The Hall–Kier alpha value is -2.13. The summed E-state index contributed by atoms with van der Waals surface area (Å²) in [6.45, 7) is 3.43. The molecule has 1 aliphatic carbocycles. The predicted molar refractivity (Wildman–Crippen MR) is 87.5 cm³/mol. The molecule has 1 fully saturated rings. The van der Waals surface area contributed by atoms with Crippen molar-refractivity contribution in [2.24, 2.45) is 0 Å². The molecule has 25 heavy (non-hydrogen) atoms. The summed E-state index contributed by atoms with van der Waals surface area (Å²) in [6, 6.07) is 0. The number of rotatable bonds is 10. The third-order valence-corrected chi connectivity index (χ3v) is 3.61. The van der Waals surface area contributed by atoms with Gasteiger partial charge in [-0.3, -0.25) is 5.41 Å². The molecule has 0 bridgehead atoms. The summed E-state index contributed by atoms with van der Waals surface area (Å²) in [4.78, 5) is 28.5. The highest BCUT2D eigenvalue weighted by atomic mass is 16.7. The fourth-order valence-electron chi connectivity index (χ4n) is 2.48. The average Bonchev–Trinajstić information content (AvgIpc) is 3.07. The van der Waals surface area contributed by atoms with Crippen LogP contribution in [-0.2, 0) is 28.6 Å². The maximum atomic E-state index is 11.9. The summed E-state index contributed by atoms with van der Waals surface area (Å²) in [7, 11) is 0. The molecular formula is C16H26N2O7. The maximum Gasteiger partial charge on any atom is 0.377 e. The second-order valence-corrected chi connectivity index (χ2v) is 5.33. The standard InChI is InChI=1S/C16H26N2O7/c1-3-22-13(20)11-12(14(21)23-4-2)25-18-15(17)16(24-10-9-19)7-5-6-8-16/h11,19H,3-10H2,1-2H3,(H2,17,18)/b12-11-. The Morgan fingerprint density at radius 2 is 1.84 bits per heavy atom. The molecule has 0 aromatic heterocycles. The zero-order valence-corrected chi connectivity index (χ0v) is 14.6. The Balaban J connectivity index is 2.77. The third kappa shape index (κ3) is 6.35. The molecule has 1 saturated carbocycles. The summed E-state index contributed by atoms with van der Waals surface area (Å²) < 4.78 is 15.2. The quantitative estimate of drug-likeness (QED) is 0.131. The number of aliphatic hydroxyl groups excluding tert-OH is 1. The van der Waals surface area contributed by atoms with Crippen molar-refractivity contribution in [2.45, 2.75) is 45.1 Å². The second kappa shape index (κ2) is 10.7. The van der Waals surface area contributed by atoms with Gasteiger partial charge >= 0.3 is 11.9 Å². The van der Waals surface area contributed by atoms with Crippen LogP contribution in [0.5, 0.6) is 0 Å². The van der Waals surface area contributed by atoms with Gasteiger partial charge in [-0.05, 0) is 39.5 Å². The van der Waals surface area contributed by atoms with E-state index in [9.17, 15) is 9.59 Å². The summed E-state index contributed by atoms with van der Waals surface area (Å²) >= 11 is 0. The zero-order valence-electron chi connectivity index (χ0n) is 14.6. The molecule has 0 unspecified atom stereocenters. The monoisotopic (exact) mass is 358 g/mol. The maximum absolute atomic E-state index is 11.9. The van der Waals surface area contributed by atoms with Gasteiger partial charge in [-0.1, -0.05) is 0 Å². The molecule has 1 rings (SSSR count). The number of ether oxygens (including phenoxy) is 3. The summed E-state index contributed by atoms with van der Waals surface area (Å²) in [5.74, 6) is -2.11. The van der Waals surface area contributed by atoms with Crippen molar-refractivity contribution in [3.05, 3.63) is 11.8 Å². The van der Waals surface area contributed by atoms with E-state index < -0.39 is 23.3 Å². The lowest BCUT2D eigenvalue weighted by atomic mass is 10.0. The molecule has 0 amide bonds. The van der Waals surface area contributed by atoms with Crippen LogP contribution in [0.4, 0.5) is 0 Å². The van der Waals surface area contributed by atoms with Gasteiger partial charge in [-0.25, -0.2) is 15.1 Å². The van der Waals surface area contributed by atoms with Crippen LogP contribution in [0.2, 0.25) is 0 Å². The van der Waals surface area contributed by atoms with Crippen LogP contribution in [0.1, 0.15) is 39.5 Å². The van der Waals surface area contributed by atoms with Crippen molar-refractivity contribution in [1.29, 1.82) is 5.41 Å². The van der Waals surface area contributed by atoms with Crippen molar-refractivity contribution in [1.82, 2.24) is 5.48 Å². The minimum absolute atomic E-state index is 0.0856. The van der Waals surface area contributed by atoms with E-state index in [0.717, 1.165) is 18.9 Å². The van der Waals surface area contributed by atoms with E-state index in [2.05, 4.69) is 5.48 Å². The average molecular weight is 358 g/mol. The van der Waals surface area contributed by atoms with Gasteiger partial charge in [0.15, 0.2) is 5.84 Å². The number of carbonyl (C=O) groups excluding carboxylic acids is 2. The van der Waals surface area contributed by atoms with Gasteiger partial charge in [0.2, 0.25) is 5.76 Å². The number of hydrogen-bond donors (Lipinski definition) is 3. The summed E-state index contributed by atoms with van der Waals surface area (Å²) in [5.41, 5.74) is 1.46. The van der Waals surface area contributed by atoms with Gasteiger partial charge in [0.25, 0.3) is 0 Å². The smallest absolute Gasteiger partial charge is 0.377 e. The van der Waals surface area contributed by atoms with Crippen LogP contribution in [0, 0.1) is 5.41 Å². The van der Waals surface area contributed by atoms with Gasteiger partial charge in [-0.2, -0.15) is 0 Å². The van der Waals surface area contributed by atoms with Crippen molar-refractivity contribution < 1.29 is 33.7 Å². The lowest BCUT2D eigenvalue weighted by molar-refractivity contribution is -0.145. The Morgan fingerprint density at radius 3 is 2.40 bits per heavy atom. The Labute approximate surface area is 146 Å². The van der Waals surface area contributed by atoms with Crippen molar-refractivity contribution in [3.8, 4) is 0 Å². The number of aliphatic hydroxyl groups is 1. The van der Waals surface area contributed by atoms with Crippen LogP contribution >= 0.6 is 0 Å². The molecule has 0 radical (unpaired) electrons. The van der Waals surface area contributed by atoms with Crippen LogP contribution in [-0.4, -0.2) is 54.9 Å². The highest BCUT2D eigenvalue weighted by Crippen LogP contribution is 2.33. The molecule has 0 heterocycles. The molecule has 3 N–H and O–H groups in total. The highest BCUT2D eigenvalue weighted by Gasteiger charge is 2.40. The number of esters is 2. The SMILES string of the molecule is CCOC(=O)/C=C(\ONC(=N)C1(OCCO)CCCC1)C(=O)OCC. The van der Waals surface area contributed by atoms with Crippen molar-refractivity contribution in [2.75, 3.05) is 26.4 Å². The molecule has 0 spiro atoms. The number of hydroxylamine groups is 1. The van der Waals surface area contributed by atoms with Gasteiger partial charge in [-0.15, -0.1) is 0 Å². The first-order valence-electron chi connectivity index (χ1n) is 8.31. The third-order valence-electron chi connectivity index (χ3n) is 3.61. The normalized spacial score (nSPS) is 16.2. The van der Waals surface area contributed by atoms with Gasteiger partial charge in [0.1, 0.15) is 5.60 Å². The van der Waals surface area contributed by atoms with Crippen LogP contribution < -0.4 is 5.48 Å². The summed E-state index contributed by atoms with van der Waals surface area (Å²) in [6.07, 6.45) is 3.80. The van der Waals surface area contributed by atoms with E-state index in [0.29, 0.717) is 12.8 Å². The zero-order chi connectivity index (χ0) is 18.7. The molecule has 0 atom stereocenters. The number of amidine groups is 1. The van der Waals surface area contributed by atoms with E-state index >= 15 is 0 Å². The van der Waals surface area contributed by atoms with Crippen molar-refractivity contribution >= 4 is 17.8 Å². The highest BCUT2D eigenvalue weighted by molar-refractivity contribution is 5.95. The minimum atomic E-state index is -0.896. The largest absolute Gasteiger partial charge is 0.463 e. The first-order chi connectivity index (χ1) is 12.0. The van der Waals surface area contributed by atoms with E-state index in [1.54, 1.807) is 13.8 Å². The molecule has 9 nitrogen and oxygen atoms in total. The van der Waals surface area contributed by atoms with Gasteiger partial charge < -0.3 is 24.2 Å². The Bertz CT molecular complexity index is 499. The lowest BCUT2D eigenvalue weighted by Gasteiger charge is -2.29. The van der Waals surface area contributed by atoms with E-state index in [4.69, 9.17) is 29.6 Å². The fourth-order valence-corrected chi connectivity index (χ4v) is 2.48. The lowest BCUT2D eigenvalue weighted by Crippen LogP contribution is -2.47. The van der Waals surface area contributed by atoms with Crippen LogP contribution in [0.15, 0.2) is 11.8 Å². The Morgan fingerprint density at radius 1 is 1.20 bits per heavy atom. The molecule has 0 aromatic rings. The number of nitrogens with one attached hydrogen (secondary N) is 2. The molecular weight excluding hydrogens is 332 g/mol.